The van der Waals surface area contributed by atoms with E-state index in [1.165, 1.54) is 0 Å². The van der Waals surface area contributed by atoms with Crippen LogP contribution in [0.1, 0.15) is 80.4 Å². The standard InChI is InChI=1S/C18H22O2.C8H18O2/c1-17(2,15-11-7-5-8-12-15)19-20-18(3,4)16-13-9-6-10-14-16;1-7(2,3)9-10-8(4,5)6/h5-14H,1-4H3;1-6H3. The van der Waals surface area contributed by atoms with Crippen molar-refractivity contribution in [3.8, 4) is 0 Å². The Balaban J connectivity index is 0.000000382. The lowest BCUT2D eigenvalue weighted by Crippen LogP contribution is -2.29. The largest absolute Gasteiger partial charge is 0.230 e. The molecule has 4 heteroatoms. The van der Waals surface area contributed by atoms with Gasteiger partial charge in [0, 0.05) is 0 Å². The fourth-order valence-electron chi connectivity index (χ4n) is 2.23. The summed E-state index contributed by atoms with van der Waals surface area (Å²) in [7, 11) is 0. The van der Waals surface area contributed by atoms with Crippen LogP contribution < -0.4 is 0 Å². The van der Waals surface area contributed by atoms with E-state index in [0.717, 1.165) is 11.1 Å². The summed E-state index contributed by atoms with van der Waals surface area (Å²) in [6.45, 7) is 19.8. The Morgan fingerprint density at radius 3 is 0.900 bits per heavy atom. The van der Waals surface area contributed by atoms with E-state index in [0.29, 0.717) is 0 Å². The maximum Gasteiger partial charge on any atom is 0.123 e. The zero-order valence-corrected chi connectivity index (χ0v) is 20.4. The van der Waals surface area contributed by atoms with Crippen molar-refractivity contribution in [1.82, 2.24) is 0 Å². The van der Waals surface area contributed by atoms with E-state index in [9.17, 15) is 0 Å². The van der Waals surface area contributed by atoms with Gasteiger partial charge in [0.25, 0.3) is 0 Å². The molecular weight excluding hydrogens is 376 g/mol. The van der Waals surface area contributed by atoms with Gasteiger partial charge in [-0.3, -0.25) is 0 Å². The topological polar surface area (TPSA) is 36.9 Å². The maximum atomic E-state index is 5.73. The Labute approximate surface area is 183 Å². The number of benzene rings is 2. The van der Waals surface area contributed by atoms with Crippen molar-refractivity contribution in [2.45, 2.75) is 91.6 Å². The van der Waals surface area contributed by atoms with Gasteiger partial charge in [-0.05, 0) is 80.4 Å². The lowest BCUT2D eigenvalue weighted by atomic mass is 9.98. The predicted octanol–water partition coefficient (Wildman–Crippen LogP) is 7.34. The predicted molar refractivity (Wildman–Crippen MR) is 123 cm³/mol. The van der Waals surface area contributed by atoms with Gasteiger partial charge in [0.1, 0.15) is 11.2 Å². The molecule has 168 valence electrons. The molecule has 0 radical (unpaired) electrons. The van der Waals surface area contributed by atoms with Gasteiger partial charge < -0.3 is 0 Å². The van der Waals surface area contributed by atoms with E-state index in [2.05, 4.69) is 0 Å². The Kier molecular flexibility index (Phi) is 9.25. The van der Waals surface area contributed by atoms with Gasteiger partial charge in [0.2, 0.25) is 0 Å². The van der Waals surface area contributed by atoms with Crippen LogP contribution >= 0.6 is 0 Å². The summed E-state index contributed by atoms with van der Waals surface area (Å²) in [6, 6.07) is 20.2. The van der Waals surface area contributed by atoms with Crippen LogP contribution in [0.5, 0.6) is 0 Å². The third-order valence-electron chi connectivity index (χ3n) is 3.94. The minimum absolute atomic E-state index is 0.215. The highest BCUT2D eigenvalue weighted by Gasteiger charge is 2.29. The van der Waals surface area contributed by atoms with Gasteiger partial charge in [-0.1, -0.05) is 60.7 Å². The average molecular weight is 417 g/mol. The third-order valence-corrected chi connectivity index (χ3v) is 3.94. The smallest absolute Gasteiger partial charge is 0.123 e. The molecular formula is C26H40O4. The van der Waals surface area contributed by atoms with Crippen molar-refractivity contribution in [2.24, 2.45) is 0 Å². The molecule has 0 bridgehead atoms. The molecule has 0 fully saturated rings. The molecule has 0 unspecified atom stereocenters. The fourth-order valence-corrected chi connectivity index (χ4v) is 2.23. The average Bonchev–Trinajstić information content (AvgIpc) is 2.66. The van der Waals surface area contributed by atoms with Crippen LogP contribution in [-0.2, 0) is 30.8 Å². The molecule has 0 atom stereocenters. The second-order valence-electron chi connectivity index (χ2n) is 10.3. The van der Waals surface area contributed by atoms with Crippen molar-refractivity contribution >= 4 is 0 Å². The van der Waals surface area contributed by atoms with Crippen molar-refractivity contribution < 1.29 is 19.6 Å². The normalized spacial score (nSPS) is 12.9. The van der Waals surface area contributed by atoms with E-state index in [1.807, 2.05) is 130 Å². The van der Waals surface area contributed by atoms with Crippen molar-refractivity contribution in [3.63, 3.8) is 0 Å². The summed E-state index contributed by atoms with van der Waals surface area (Å²) >= 11 is 0. The Hall–Kier alpha value is -1.72. The van der Waals surface area contributed by atoms with E-state index in [4.69, 9.17) is 19.6 Å². The molecule has 0 aliphatic rings. The minimum atomic E-state index is -0.493. The Morgan fingerprint density at radius 2 is 0.667 bits per heavy atom. The molecule has 2 aromatic rings. The van der Waals surface area contributed by atoms with E-state index < -0.39 is 11.2 Å². The van der Waals surface area contributed by atoms with Crippen LogP contribution in [0.15, 0.2) is 60.7 Å². The summed E-state index contributed by atoms with van der Waals surface area (Å²) in [5.74, 6) is 0. The summed E-state index contributed by atoms with van der Waals surface area (Å²) < 4.78 is 0. The SMILES string of the molecule is CC(C)(C)OOC(C)(C)C.CC(C)(OOC(C)(C)c1ccccc1)c1ccccc1. The van der Waals surface area contributed by atoms with E-state index >= 15 is 0 Å². The molecule has 0 aromatic heterocycles. The molecule has 2 aromatic carbocycles. The molecule has 0 amide bonds. The van der Waals surface area contributed by atoms with Crippen LogP contribution in [0.2, 0.25) is 0 Å². The van der Waals surface area contributed by atoms with Gasteiger partial charge in [-0.25, -0.2) is 19.6 Å². The highest BCUT2D eigenvalue weighted by atomic mass is 17.2. The first-order chi connectivity index (χ1) is 13.6. The number of hydrogen-bond donors (Lipinski definition) is 0. The molecule has 0 spiro atoms. The van der Waals surface area contributed by atoms with Crippen molar-refractivity contribution in [2.75, 3.05) is 0 Å². The van der Waals surface area contributed by atoms with Gasteiger partial charge in [0.05, 0.1) is 11.2 Å². The first kappa shape index (κ1) is 26.3. The summed E-state index contributed by atoms with van der Waals surface area (Å²) in [5.41, 5.74) is 0.758. The van der Waals surface area contributed by atoms with Crippen LogP contribution in [0.4, 0.5) is 0 Å². The first-order valence-corrected chi connectivity index (χ1v) is 10.5. The second kappa shape index (κ2) is 10.5. The maximum absolute atomic E-state index is 5.73. The van der Waals surface area contributed by atoms with Crippen molar-refractivity contribution in [3.05, 3.63) is 71.8 Å². The lowest BCUT2D eigenvalue weighted by molar-refractivity contribution is -0.410. The Bertz CT molecular complexity index is 658. The van der Waals surface area contributed by atoms with Crippen LogP contribution in [0.25, 0.3) is 0 Å². The first-order valence-electron chi connectivity index (χ1n) is 10.5. The Morgan fingerprint density at radius 1 is 0.400 bits per heavy atom. The number of rotatable bonds is 6. The third kappa shape index (κ3) is 10.4. The highest BCUT2D eigenvalue weighted by Crippen LogP contribution is 2.31. The summed E-state index contributed by atoms with van der Waals surface area (Å²) in [6.07, 6.45) is 0. The molecule has 0 N–H and O–H groups in total. The van der Waals surface area contributed by atoms with Crippen LogP contribution in [-0.4, -0.2) is 11.2 Å². The van der Waals surface area contributed by atoms with Gasteiger partial charge in [-0.15, -0.1) is 0 Å². The zero-order chi connectivity index (χ0) is 23.1. The molecule has 0 aliphatic heterocycles. The molecule has 30 heavy (non-hydrogen) atoms. The summed E-state index contributed by atoms with van der Waals surface area (Å²) in [5, 5.41) is 0. The molecule has 4 nitrogen and oxygen atoms in total. The zero-order valence-electron chi connectivity index (χ0n) is 20.4. The summed E-state index contributed by atoms with van der Waals surface area (Å²) in [4.78, 5) is 21.7. The highest BCUT2D eigenvalue weighted by molar-refractivity contribution is 5.22. The minimum Gasteiger partial charge on any atom is -0.230 e. The van der Waals surface area contributed by atoms with Crippen LogP contribution in [0.3, 0.4) is 0 Å². The molecule has 0 saturated carbocycles. The van der Waals surface area contributed by atoms with Gasteiger partial charge in [0.15, 0.2) is 0 Å². The molecule has 0 aliphatic carbocycles. The molecule has 0 saturated heterocycles. The molecule has 0 heterocycles. The fraction of sp³-hybridized carbons (Fsp3) is 0.538. The van der Waals surface area contributed by atoms with E-state index in [-0.39, 0.29) is 11.2 Å². The lowest BCUT2D eigenvalue weighted by Gasteiger charge is -2.31. The number of hydrogen-bond acceptors (Lipinski definition) is 4. The van der Waals surface area contributed by atoms with Crippen LogP contribution in [0, 0.1) is 0 Å². The van der Waals surface area contributed by atoms with E-state index in [1.54, 1.807) is 0 Å². The second-order valence-corrected chi connectivity index (χ2v) is 10.3. The van der Waals surface area contributed by atoms with Gasteiger partial charge in [-0.2, -0.15) is 0 Å². The quantitative estimate of drug-likeness (QED) is 0.365. The van der Waals surface area contributed by atoms with Gasteiger partial charge >= 0.3 is 0 Å². The monoisotopic (exact) mass is 416 g/mol. The van der Waals surface area contributed by atoms with Crippen molar-refractivity contribution in [1.29, 1.82) is 0 Å². The molecule has 2 rings (SSSR count).